The predicted octanol–water partition coefficient (Wildman–Crippen LogP) is 3.39. The number of nitrogens with one attached hydrogen (secondary N) is 1. The van der Waals surface area contributed by atoms with Crippen LogP contribution in [0.25, 0.3) is 0 Å². The summed E-state index contributed by atoms with van der Waals surface area (Å²) in [5.74, 6) is -6.09. The molecule has 0 radical (unpaired) electrons. The maximum absolute atomic E-state index is 12.3. The molecule has 0 aromatic carbocycles. The van der Waals surface area contributed by atoms with Gasteiger partial charge in [-0.15, -0.1) is 11.6 Å². The van der Waals surface area contributed by atoms with Crippen LogP contribution in [0.2, 0.25) is 0 Å². The Balaban J connectivity index is 2.78. The fraction of sp³-hybridized carbons (Fsp3) is 0.900. The van der Waals surface area contributed by atoms with Crippen LogP contribution in [0, 0.1) is 5.92 Å². The smallest absolute Gasteiger partial charge is 0.351 e. The first-order chi connectivity index (χ1) is 8.53. The van der Waals surface area contributed by atoms with Gasteiger partial charge >= 0.3 is 12.4 Å². The predicted molar refractivity (Wildman–Crippen MR) is 55.6 cm³/mol. The summed E-state index contributed by atoms with van der Waals surface area (Å²) in [4.78, 5) is 11.2. The molecular formula is C10H12ClF6NO. The first-order valence-electron chi connectivity index (χ1n) is 5.61. The van der Waals surface area contributed by atoms with Crippen molar-refractivity contribution < 1.29 is 31.1 Å². The standard InChI is InChI=1S/C10H12ClF6NO/c11-5-3-1-2-4-6(5)18-8(19)7(9(12,13)14)10(15,16)17/h5-7H,1-4H2,(H,18,19). The maximum Gasteiger partial charge on any atom is 0.409 e. The minimum atomic E-state index is -5.67. The summed E-state index contributed by atoms with van der Waals surface area (Å²) in [6.45, 7) is 0. The molecule has 2 atom stereocenters. The van der Waals surface area contributed by atoms with Crippen LogP contribution in [0.4, 0.5) is 26.3 Å². The summed E-state index contributed by atoms with van der Waals surface area (Å²) < 4.78 is 73.8. The molecule has 0 spiro atoms. The number of rotatable bonds is 2. The second-order valence-corrected chi connectivity index (χ2v) is 4.99. The molecule has 1 amide bonds. The van der Waals surface area contributed by atoms with E-state index in [2.05, 4.69) is 0 Å². The number of hydrogen-bond acceptors (Lipinski definition) is 1. The van der Waals surface area contributed by atoms with Crippen LogP contribution in [0.15, 0.2) is 0 Å². The van der Waals surface area contributed by atoms with Gasteiger partial charge < -0.3 is 5.32 Å². The van der Waals surface area contributed by atoms with Crippen LogP contribution in [0.1, 0.15) is 25.7 Å². The van der Waals surface area contributed by atoms with Crippen molar-refractivity contribution in [1.29, 1.82) is 0 Å². The van der Waals surface area contributed by atoms with Crippen LogP contribution in [-0.4, -0.2) is 29.7 Å². The number of halogens is 7. The van der Waals surface area contributed by atoms with E-state index in [1.54, 1.807) is 5.32 Å². The molecule has 9 heteroatoms. The lowest BCUT2D eigenvalue weighted by Crippen LogP contribution is -2.52. The molecule has 2 nitrogen and oxygen atoms in total. The highest BCUT2D eigenvalue weighted by atomic mass is 35.5. The monoisotopic (exact) mass is 311 g/mol. The highest BCUT2D eigenvalue weighted by Gasteiger charge is 2.61. The SMILES string of the molecule is O=C(NC1CCCCC1Cl)C(C(F)(F)F)C(F)(F)F. The van der Waals surface area contributed by atoms with E-state index in [0.717, 1.165) is 6.42 Å². The summed E-state index contributed by atoms with van der Waals surface area (Å²) in [6.07, 6.45) is -9.26. The van der Waals surface area contributed by atoms with Gasteiger partial charge in [-0.25, -0.2) is 0 Å². The van der Waals surface area contributed by atoms with E-state index in [1.165, 1.54) is 0 Å². The van der Waals surface area contributed by atoms with Gasteiger partial charge in [-0.3, -0.25) is 4.79 Å². The molecule has 0 aromatic heterocycles. The molecule has 0 aromatic rings. The zero-order chi connectivity index (χ0) is 14.8. The average Bonchev–Trinajstić information content (AvgIpc) is 2.16. The molecule has 1 saturated carbocycles. The summed E-state index contributed by atoms with van der Waals surface area (Å²) in [7, 11) is 0. The lowest BCUT2D eigenvalue weighted by Gasteiger charge is -2.30. The van der Waals surface area contributed by atoms with Gasteiger partial charge in [0.2, 0.25) is 11.8 Å². The van der Waals surface area contributed by atoms with E-state index in [0.29, 0.717) is 12.8 Å². The lowest BCUT2D eigenvalue weighted by atomic mass is 9.94. The van der Waals surface area contributed by atoms with Gasteiger partial charge in [-0.05, 0) is 12.8 Å². The second kappa shape index (κ2) is 5.76. The number of hydrogen-bond donors (Lipinski definition) is 1. The van der Waals surface area contributed by atoms with Gasteiger partial charge in [0.1, 0.15) is 0 Å². The Morgan fingerprint density at radius 1 is 1.05 bits per heavy atom. The Morgan fingerprint density at radius 2 is 1.53 bits per heavy atom. The van der Waals surface area contributed by atoms with Crippen LogP contribution >= 0.6 is 11.6 Å². The second-order valence-electron chi connectivity index (χ2n) is 4.43. The third-order valence-corrected chi connectivity index (χ3v) is 3.45. The minimum absolute atomic E-state index is 0.280. The highest BCUT2D eigenvalue weighted by molar-refractivity contribution is 6.21. The molecule has 1 aliphatic carbocycles. The number of carbonyl (C=O) groups excluding carboxylic acids is 1. The molecule has 1 rings (SSSR count). The minimum Gasteiger partial charge on any atom is -0.351 e. The maximum atomic E-state index is 12.3. The Bertz CT molecular complexity index is 315. The number of alkyl halides is 7. The van der Waals surface area contributed by atoms with Gasteiger partial charge in [0, 0.05) is 6.04 Å². The summed E-state index contributed by atoms with van der Waals surface area (Å²) >= 11 is 5.78. The molecule has 19 heavy (non-hydrogen) atoms. The summed E-state index contributed by atoms with van der Waals surface area (Å²) in [5, 5.41) is 1.13. The quantitative estimate of drug-likeness (QED) is 0.614. The fourth-order valence-corrected chi connectivity index (χ4v) is 2.34. The normalized spacial score (nSPS) is 25.5. The molecule has 1 fully saturated rings. The highest BCUT2D eigenvalue weighted by Crippen LogP contribution is 2.39. The molecule has 0 heterocycles. The van der Waals surface area contributed by atoms with E-state index >= 15 is 0 Å². The van der Waals surface area contributed by atoms with Crippen molar-refractivity contribution in [2.45, 2.75) is 49.5 Å². The lowest BCUT2D eigenvalue weighted by molar-refractivity contribution is -0.274. The zero-order valence-corrected chi connectivity index (χ0v) is 10.4. The Hall–Kier alpha value is -0.660. The van der Waals surface area contributed by atoms with E-state index < -0.39 is 35.6 Å². The van der Waals surface area contributed by atoms with E-state index in [-0.39, 0.29) is 6.42 Å². The van der Waals surface area contributed by atoms with Gasteiger partial charge in [0.25, 0.3) is 0 Å². The topological polar surface area (TPSA) is 29.1 Å². The largest absolute Gasteiger partial charge is 0.409 e. The summed E-state index contributed by atoms with van der Waals surface area (Å²) in [6, 6.07) is -0.852. The molecule has 2 unspecified atom stereocenters. The van der Waals surface area contributed by atoms with Gasteiger partial charge in [-0.1, -0.05) is 12.8 Å². The zero-order valence-electron chi connectivity index (χ0n) is 9.61. The van der Waals surface area contributed by atoms with Crippen LogP contribution < -0.4 is 5.32 Å². The van der Waals surface area contributed by atoms with Crippen molar-refractivity contribution in [2.24, 2.45) is 5.92 Å². The Morgan fingerprint density at radius 3 is 1.95 bits per heavy atom. The fourth-order valence-electron chi connectivity index (χ4n) is 2.00. The Labute approximate surface area is 110 Å². The third-order valence-electron chi connectivity index (χ3n) is 2.93. The van der Waals surface area contributed by atoms with Gasteiger partial charge in [-0.2, -0.15) is 26.3 Å². The van der Waals surface area contributed by atoms with Crippen molar-refractivity contribution in [3.8, 4) is 0 Å². The Kier molecular flexibility index (Phi) is 4.97. The summed E-state index contributed by atoms with van der Waals surface area (Å²) in [5.41, 5.74) is 0. The van der Waals surface area contributed by atoms with Crippen LogP contribution in [-0.2, 0) is 4.79 Å². The van der Waals surface area contributed by atoms with Crippen LogP contribution in [0.3, 0.4) is 0 Å². The third kappa shape index (κ3) is 4.43. The van der Waals surface area contributed by atoms with Crippen molar-refractivity contribution in [1.82, 2.24) is 5.32 Å². The van der Waals surface area contributed by atoms with E-state index in [9.17, 15) is 31.1 Å². The van der Waals surface area contributed by atoms with E-state index in [1.807, 2.05) is 0 Å². The first kappa shape index (κ1) is 16.4. The van der Waals surface area contributed by atoms with Crippen molar-refractivity contribution in [3.63, 3.8) is 0 Å². The molecule has 0 aliphatic heterocycles. The molecule has 1 N–H and O–H groups in total. The molecule has 1 aliphatic rings. The number of amides is 1. The van der Waals surface area contributed by atoms with E-state index in [4.69, 9.17) is 11.6 Å². The van der Waals surface area contributed by atoms with Gasteiger partial charge in [0.15, 0.2) is 0 Å². The average molecular weight is 312 g/mol. The van der Waals surface area contributed by atoms with Gasteiger partial charge in [0.05, 0.1) is 5.38 Å². The molecule has 0 bridgehead atoms. The first-order valence-corrected chi connectivity index (χ1v) is 6.05. The molecular weight excluding hydrogens is 300 g/mol. The van der Waals surface area contributed by atoms with Crippen molar-refractivity contribution in [2.75, 3.05) is 0 Å². The number of carbonyl (C=O) groups is 1. The van der Waals surface area contributed by atoms with Crippen LogP contribution in [0.5, 0.6) is 0 Å². The molecule has 0 saturated heterocycles. The van der Waals surface area contributed by atoms with Crippen molar-refractivity contribution in [3.05, 3.63) is 0 Å². The molecule has 112 valence electrons. The van der Waals surface area contributed by atoms with Crippen molar-refractivity contribution >= 4 is 17.5 Å².